The van der Waals surface area contributed by atoms with Gasteiger partial charge in [0.1, 0.15) is 5.82 Å². The van der Waals surface area contributed by atoms with Crippen LogP contribution in [0.4, 0.5) is 4.39 Å². The highest BCUT2D eigenvalue weighted by Gasteiger charge is 2.26. The second-order valence-corrected chi connectivity index (χ2v) is 5.20. The van der Waals surface area contributed by atoms with E-state index in [-0.39, 0.29) is 5.82 Å². The molecule has 0 aromatic carbocycles. The van der Waals surface area contributed by atoms with Gasteiger partial charge in [-0.2, -0.15) is 0 Å². The molecular weight excluding hydrogens is 227 g/mol. The van der Waals surface area contributed by atoms with Gasteiger partial charge < -0.3 is 5.32 Å². The van der Waals surface area contributed by atoms with Crippen molar-refractivity contribution >= 4 is 0 Å². The minimum Gasteiger partial charge on any atom is -0.313 e. The Labute approximate surface area is 109 Å². The summed E-state index contributed by atoms with van der Waals surface area (Å²) in [4.78, 5) is 3.85. The minimum absolute atomic E-state index is 0.146. The van der Waals surface area contributed by atoms with Gasteiger partial charge in [-0.25, -0.2) is 4.39 Å². The molecule has 0 saturated heterocycles. The Hall–Kier alpha value is -0.960. The lowest BCUT2D eigenvalue weighted by Crippen LogP contribution is -2.35. The second kappa shape index (κ2) is 6.83. The Bertz CT molecular complexity index is 367. The molecule has 2 rings (SSSR count). The van der Waals surface area contributed by atoms with Gasteiger partial charge in [0, 0.05) is 18.2 Å². The molecule has 1 heterocycles. The molecular formula is C15H23FN2. The standard InChI is InChI=1S/C15H23FN2/c1-2-9-18-15-7-5-3-4-6-13(15)12-8-10-17-11-14(12)16/h8,10-11,13,15,18H,2-7,9H2,1H3. The van der Waals surface area contributed by atoms with Gasteiger partial charge in [-0.1, -0.05) is 26.2 Å². The summed E-state index contributed by atoms with van der Waals surface area (Å²) in [7, 11) is 0. The number of pyridine rings is 1. The first kappa shape index (κ1) is 13.5. The van der Waals surface area contributed by atoms with Crippen LogP contribution in [0.2, 0.25) is 0 Å². The van der Waals surface area contributed by atoms with Gasteiger partial charge in [0.25, 0.3) is 0 Å². The third kappa shape index (κ3) is 3.29. The van der Waals surface area contributed by atoms with E-state index in [1.54, 1.807) is 6.20 Å². The number of nitrogens with zero attached hydrogens (tertiary/aromatic N) is 1. The molecule has 18 heavy (non-hydrogen) atoms. The molecule has 1 aromatic heterocycles. The molecule has 1 aromatic rings. The average molecular weight is 250 g/mol. The zero-order valence-corrected chi connectivity index (χ0v) is 11.2. The Kier molecular flexibility index (Phi) is 5.12. The van der Waals surface area contributed by atoms with E-state index in [1.165, 1.54) is 25.5 Å². The first-order valence-corrected chi connectivity index (χ1v) is 7.15. The fraction of sp³-hybridized carbons (Fsp3) is 0.667. The topological polar surface area (TPSA) is 24.9 Å². The van der Waals surface area contributed by atoms with Gasteiger partial charge >= 0.3 is 0 Å². The Balaban J connectivity index is 2.17. The van der Waals surface area contributed by atoms with Crippen LogP contribution in [0, 0.1) is 5.82 Å². The lowest BCUT2D eigenvalue weighted by atomic mass is 9.87. The summed E-state index contributed by atoms with van der Waals surface area (Å²) in [5.74, 6) is 0.162. The van der Waals surface area contributed by atoms with Gasteiger partial charge in [-0.05, 0) is 37.4 Å². The van der Waals surface area contributed by atoms with E-state index in [2.05, 4.69) is 17.2 Å². The van der Waals surface area contributed by atoms with Crippen LogP contribution in [-0.2, 0) is 0 Å². The summed E-state index contributed by atoms with van der Waals surface area (Å²) >= 11 is 0. The number of halogens is 1. The van der Waals surface area contributed by atoms with Crippen LogP contribution >= 0.6 is 0 Å². The highest BCUT2D eigenvalue weighted by Crippen LogP contribution is 2.33. The van der Waals surface area contributed by atoms with Crippen molar-refractivity contribution in [3.63, 3.8) is 0 Å². The fourth-order valence-electron chi connectivity index (χ4n) is 2.94. The predicted octanol–water partition coefficient (Wildman–Crippen LogP) is 3.64. The third-order valence-corrected chi connectivity index (χ3v) is 3.88. The molecule has 0 radical (unpaired) electrons. The number of rotatable bonds is 4. The molecule has 0 amide bonds. The maximum atomic E-state index is 13.9. The van der Waals surface area contributed by atoms with Gasteiger partial charge in [0.2, 0.25) is 0 Å². The van der Waals surface area contributed by atoms with E-state index in [9.17, 15) is 4.39 Å². The smallest absolute Gasteiger partial charge is 0.145 e. The van der Waals surface area contributed by atoms with Gasteiger partial charge in [-0.15, -0.1) is 0 Å². The van der Waals surface area contributed by atoms with Crippen LogP contribution in [0.15, 0.2) is 18.5 Å². The van der Waals surface area contributed by atoms with Gasteiger partial charge in [0.15, 0.2) is 0 Å². The molecule has 100 valence electrons. The highest BCUT2D eigenvalue weighted by atomic mass is 19.1. The summed E-state index contributed by atoms with van der Waals surface area (Å²) in [5.41, 5.74) is 0.848. The lowest BCUT2D eigenvalue weighted by Gasteiger charge is -2.26. The van der Waals surface area contributed by atoms with Crippen molar-refractivity contribution in [3.05, 3.63) is 29.8 Å². The number of hydrogen-bond acceptors (Lipinski definition) is 2. The molecule has 0 aliphatic heterocycles. The van der Waals surface area contributed by atoms with Crippen LogP contribution in [-0.4, -0.2) is 17.6 Å². The second-order valence-electron chi connectivity index (χ2n) is 5.20. The zero-order chi connectivity index (χ0) is 12.8. The van der Waals surface area contributed by atoms with E-state index < -0.39 is 0 Å². The van der Waals surface area contributed by atoms with E-state index in [0.717, 1.165) is 31.4 Å². The molecule has 1 saturated carbocycles. The Morgan fingerprint density at radius 1 is 1.33 bits per heavy atom. The molecule has 3 heteroatoms. The van der Waals surface area contributed by atoms with Gasteiger partial charge in [-0.3, -0.25) is 4.98 Å². The van der Waals surface area contributed by atoms with Crippen LogP contribution in [0.3, 0.4) is 0 Å². The Morgan fingerprint density at radius 3 is 2.94 bits per heavy atom. The van der Waals surface area contributed by atoms with Crippen molar-refractivity contribution in [1.29, 1.82) is 0 Å². The third-order valence-electron chi connectivity index (χ3n) is 3.88. The van der Waals surface area contributed by atoms with E-state index >= 15 is 0 Å². The molecule has 1 aliphatic rings. The maximum absolute atomic E-state index is 13.9. The first-order valence-electron chi connectivity index (χ1n) is 7.15. The molecule has 0 bridgehead atoms. The monoisotopic (exact) mass is 250 g/mol. The molecule has 2 unspecified atom stereocenters. The van der Waals surface area contributed by atoms with Crippen molar-refractivity contribution in [2.24, 2.45) is 0 Å². The van der Waals surface area contributed by atoms with E-state index in [1.807, 2.05) is 6.07 Å². The van der Waals surface area contributed by atoms with Gasteiger partial charge in [0.05, 0.1) is 6.20 Å². The summed E-state index contributed by atoms with van der Waals surface area (Å²) in [5, 5.41) is 3.60. The average Bonchev–Trinajstić information content (AvgIpc) is 2.62. The fourth-order valence-corrected chi connectivity index (χ4v) is 2.94. The molecule has 1 N–H and O–H groups in total. The largest absolute Gasteiger partial charge is 0.313 e. The minimum atomic E-state index is -0.146. The van der Waals surface area contributed by atoms with Crippen molar-refractivity contribution in [1.82, 2.24) is 10.3 Å². The molecule has 1 aliphatic carbocycles. The Morgan fingerprint density at radius 2 is 2.17 bits per heavy atom. The van der Waals surface area contributed by atoms with Crippen molar-refractivity contribution < 1.29 is 4.39 Å². The SMILES string of the molecule is CCCNC1CCCCCC1c1ccncc1F. The zero-order valence-electron chi connectivity index (χ0n) is 11.2. The van der Waals surface area contributed by atoms with Crippen molar-refractivity contribution in [3.8, 4) is 0 Å². The van der Waals surface area contributed by atoms with E-state index in [0.29, 0.717) is 12.0 Å². The maximum Gasteiger partial charge on any atom is 0.145 e. The molecule has 2 atom stereocenters. The van der Waals surface area contributed by atoms with E-state index in [4.69, 9.17) is 0 Å². The van der Waals surface area contributed by atoms with Crippen molar-refractivity contribution in [2.45, 2.75) is 57.4 Å². The van der Waals surface area contributed by atoms with Crippen LogP contribution in [0.5, 0.6) is 0 Å². The summed E-state index contributed by atoms with van der Waals surface area (Å²) in [6.45, 7) is 3.19. The summed E-state index contributed by atoms with van der Waals surface area (Å²) < 4.78 is 13.9. The predicted molar refractivity (Wildman–Crippen MR) is 72.1 cm³/mol. The summed E-state index contributed by atoms with van der Waals surface area (Å²) in [6, 6.07) is 2.27. The molecule has 2 nitrogen and oxygen atoms in total. The number of hydrogen-bond donors (Lipinski definition) is 1. The number of nitrogens with one attached hydrogen (secondary N) is 1. The quantitative estimate of drug-likeness (QED) is 0.825. The van der Waals surface area contributed by atoms with Crippen LogP contribution in [0.25, 0.3) is 0 Å². The van der Waals surface area contributed by atoms with Crippen LogP contribution in [0.1, 0.15) is 56.9 Å². The normalized spacial score (nSPS) is 24.8. The van der Waals surface area contributed by atoms with Crippen LogP contribution < -0.4 is 5.32 Å². The molecule has 1 fully saturated rings. The first-order chi connectivity index (χ1) is 8.83. The highest BCUT2D eigenvalue weighted by molar-refractivity contribution is 5.20. The van der Waals surface area contributed by atoms with Crippen molar-refractivity contribution in [2.75, 3.05) is 6.54 Å². The lowest BCUT2D eigenvalue weighted by molar-refractivity contribution is 0.400. The number of aromatic nitrogens is 1. The molecule has 0 spiro atoms. The summed E-state index contributed by atoms with van der Waals surface area (Å²) in [6.07, 6.45) is 10.2.